The van der Waals surface area contributed by atoms with Crippen LogP contribution in [-0.4, -0.2) is 17.9 Å². The van der Waals surface area contributed by atoms with E-state index >= 15 is 0 Å². The Bertz CT molecular complexity index is 1120. The summed E-state index contributed by atoms with van der Waals surface area (Å²) in [5.41, 5.74) is 5.30. The molecule has 34 heavy (non-hydrogen) atoms. The van der Waals surface area contributed by atoms with Crippen LogP contribution < -0.4 is 10.2 Å². The molecule has 1 N–H and O–H groups in total. The zero-order valence-electron chi connectivity index (χ0n) is 19.5. The van der Waals surface area contributed by atoms with Gasteiger partial charge in [0.25, 0.3) is 0 Å². The van der Waals surface area contributed by atoms with Gasteiger partial charge in [0, 0.05) is 11.7 Å². The minimum atomic E-state index is -0.700. The molecular weight excluding hydrogens is 440 g/mol. The van der Waals surface area contributed by atoms with Gasteiger partial charge in [-0.15, -0.1) is 0 Å². The van der Waals surface area contributed by atoms with Crippen LogP contribution in [0.2, 0.25) is 0 Å². The van der Waals surface area contributed by atoms with E-state index in [0.29, 0.717) is 0 Å². The monoisotopic (exact) mass is 472 g/mol. The second-order valence-electron chi connectivity index (χ2n) is 9.54. The van der Waals surface area contributed by atoms with Crippen LogP contribution in [0.5, 0.6) is 0 Å². The Morgan fingerprint density at radius 1 is 0.941 bits per heavy atom. The Balaban J connectivity index is 1.54. The van der Waals surface area contributed by atoms with Crippen molar-refractivity contribution in [2.75, 3.05) is 4.90 Å². The Kier molecular flexibility index (Phi) is 7.10. The fraction of sp³-hybridized carbons (Fsp3) is 0.379. The quantitative estimate of drug-likeness (QED) is 0.458. The largest absolute Gasteiger partial charge is 0.351 e. The average molecular weight is 473 g/mol. The first-order valence-corrected chi connectivity index (χ1v) is 13.4. The lowest BCUT2D eigenvalue weighted by atomic mass is 9.94. The first kappa shape index (κ1) is 22.9. The third kappa shape index (κ3) is 5.10. The summed E-state index contributed by atoms with van der Waals surface area (Å²) >= 11 is 1.59. The van der Waals surface area contributed by atoms with E-state index < -0.39 is 6.04 Å². The summed E-state index contributed by atoms with van der Waals surface area (Å²) in [6.45, 7) is 0. The van der Waals surface area contributed by atoms with Gasteiger partial charge in [0.05, 0.1) is 6.42 Å². The van der Waals surface area contributed by atoms with Crippen LogP contribution in [0, 0.1) is 0 Å². The van der Waals surface area contributed by atoms with Crippen LogP contribution in [0.1, 0.15) is 66.8 Å². The number of benzene rings is 2. The molecule has 0 saturated heterocycles. The molecule has 1 saturated carbocycles. The van der Waals surface area contributed by atoms with Crippen molar-refractivity contribution in [3.8, 4) is 0 Å². The van der Waals surface area contributed by atoms with Crippen LogP contribution in [0.25, 0.3) is 0 Å². The number of nitrogens with zero attached hydrogens (tertiary/aromatic N) is 1. The van der Waals surface area contributed by atoms with E-state index in [1.165, 1.54) is 17.5 Å². The number of hydrogen-bond donors (Lipinski definition) is 1. The van der Waals surface area contributed by atoms with Gasteiger partial charge < -0.3 is 5.32 Å². The molecule has 5 rings (SSSR count). The highest BCUT2D eigenvalue weighted by Gasteiger charge is 2.34. The summed E-state index contributed by atoms with van der Waals surface area (Å²) in [5, 5.41) is 7.31. The topological polar surface area (TPSA) is 49.4 Å². The normalized spacial score (nSPS) is 16.6. The summed E-state index contributed by atoms with van der Waals surface area (Å²) in [7, 11) is 0. The lowest BCUT2D eigenvalue weighted by Gasteiger charge is -2.34. The van der Waals surface area contributed by atoms with E-state index in [4.69, 9.17) is 0 Å². The number of carbonyl (C=O) groups excluding carboxylic acids is 2. The molecule has 4 nitrogen and oxygen atoms in total. The zero-order valence-corrected chi connectivity index (χ0v) is 20.4. The Hall–Kier alpha value is -2.92. The molecule has 0 bridgehead atoms. The Labute approximate surface area is 206 Å². The maximum atomic E-state index is 13.9. The molecule has 2 aliphatic rings. The maximum Gasteiger partial charge on any atom is 0.248 e. The number of aryl methyl sites for hydroxylation is 2. The third-order valence-electron chi connectivity index (χ3n) is 7.14. The highest BCUT2D eigenvalue weighted by molar-refractivity contribution is 7.08. The van der Waals surface area contributed by atoms with E-state index in [0.717, 1.165) is 61.8 Å². The molecule has 2 aromatic carbocycles. The van der Waals surface area contributed by atoms with Crippen molar-refractivity contribution in [3.05, 3.63) is 87.6 Å². The number of fused-ring (bicyclic) bond motifs is 1. The molecule has 176 valence electrons. The van der Waals surface area contributed by atoms with Gasteiger partial charge in [0.1, 0.15) is 6.04 Å². The van der Waals surface area contributed by atoms with Crippen LogP contribution in [0.4, 0.5) is 5.69 Å². The summed E-state index contributed by atoms with van der Waals surface area (Å²) in [5.74, 6) is -0.138. The summed E-state index contributed by atoms with van der Waals surface area (Å²) in [6, 6.07) is 17.5. The van der Waals surface area contributed by atoms with E-state index in [-0.39, 0.29) is 24.3 Å². The van der Waals surface area contributed by atoms with Gasteiger partial charge in [-0.1, -0.05) is 55.7 Å². The number of carbonyl (C=O) groups is 2. The van der Waals surface area contributed by atoms with Gasteiger partial charge in [-0.3, -0.25) is 14.5 Å². The van der Waals surface area contributed by atoms with Crippen molar-refractivity contribution in [3.63, 3.8) is 0 Å². The van der Waals surface area contributed by atoms with Crippen molar-refractivity contribution in [2.24, 2.45) is 0 Å². The van der Waals surface area contributed by atoms with Gasteiger partial charge in [-0.25, -0.2) is 0 Å². The van der Waals surface area contributed by atoms with Crippen molar-refractivity contribution < 1.29 is 9.59 Å². The zero-order chi connectivity index (χ0) is 23.3. The number of rotatable bonds is 7. The van der Waals surface area contributed by atoms with E-state index in [1.54, 1.807) is 16.2 Å². The highest BCUT2D eigenvalue weighted by Crippen LogP contribution is 2.33. The minimum Gasteiger partial charge on any atom is -0.351 e. The molecule has 0 radical (unpaired) electrons. The number of hydrogen-bond acceptors (Lipinski definition) is 3. The van der Waals surface area contributed by atoms with Gasteiger partial charge in [-0.05, 0) is 83.3 Å². The smallest absolute Gasteiger partial charge is 0.248 e. The van der Waals surface area contributed by atoms with Crippen LogP contribution in [-0.2, 0) is 28.9 Å². The maximum absolute atomic E-state index is 13.9. The Morgan fingerprint density at radius 3 is 2.50 bits per heavy atom. The van der Waals surface area contributed by atoms with Crippen molar-refractivity contribution in [2.45, 2.75) is 69.9 Å². The van der Waals surface area contributed by atoms with E-state index in [1.807, 2.05) is 53.2 Å². The molecule has 2 aliphatic carbocycles. The SMILES string of the molecule is O=C(NC1CCCCC1)[C@H](c1ccccc1)N(C(=O)Cc1ccsc1)c1ccc2c(c1)CCC2. The van der Waals surface area contributed by atoms with Crippen molar-refractivity contribution in [1.82, 2.24) is 5.32 Å². The molecule has 3 aromatic rings. The standard InChI is InChI=1S/C29H32N2O2S/c32-27(18-21-16-17-34-20-21)31(26-15-14-22-10-7-11-24(22)19-26)28(23-8-3-1-4-9-23)29(33)30-25-12-5-2-6-13-25/h1,3-4,8-9,14-17,19-20,25,28H,2,5-7,10-13,18H2,(H,30,33)/t28-/m0/s1. The summed E-state index contributed by atoms with van der Waals surface area (Å²) < 4.78 is 0. The molecule has 1 heterocycles. The van der Waals surface area contributed by atoms with Gasteiger partial charge in [-0.2, -0.15) is 11.3 Å². The van der Waals surface area contributed by atoms with Gasteiger partial charge in [0.15, 0.2) is 0 Å². The second-order valence-corrected chi connectivity index (χ2v) is 10.3. The molecule has 1 fully saturated rings. The summed E-state index contributed by atoms with van der Waals surface area (Å²) in [6.07, 6.45) is 9.08. The van der Waals surface area contributed by atoms with E-state index in [2.05, 4.69) is 17.4 Å². The van der Waals surface area contributed by atoms with Gasteiger partial charge >= 0.3 is 0 Å². The molecule has 1 aromatic heterocycles. The van der Waals surface area contributed by atoms with Crippen molar-refractivity contribution in [1.29, 1.82) is 0 Å². The Morgan fingerprint density at radius 2 is 1.74 bits per heavy atom. The predicted octanol–water partition coefficient (Wildman–Crippen LogP) is 6.00. The number of nitrogens with one attached hydrogen (secondary N) is 1. The van der Waals surface area contributed by atoms with Crippen molar-refractivity contribution >= 4 is 28.8 Å². The lowest BCUT2D eigenvalue weighted by molar-refractivity contribution is -0.127. The van der Waals surface area contributed by atoms with Crippen LogP contribution in [0.3, 0.4) is 0 Å². The lowest BCUT2D eigenvalue weighted by Crippen LogP contribution is -2.47. The molecule has 0 unspecified atom stereocenters. The molecule has 0 aliphatic heterocycles. The molecular formula is C29H32N2O2S. The van der Waals surface area contributed by atoms with Crippen LogP contribution in [0.15, 0.2) is 65.4 Å². The summed E-state index contributed by atoms with van der Waals surface area (Å²) in [4.78, 5) is 29.5. The average Bonchev–Trinajstić information content (AvgIpc) is 3.55. The molecule has 1 atom stereocenters. The minimum absolute atomic E-state index is 0.0519. The fourth-order valence-corrected chi connectivity index (χ4v) is 6.05. The van der Waals surface area contributed by atoms with Crippen LogP contribution >= 0.6 is 11.3 Å². The number of thiophene rings is 1. The molecule has 5 heteroatoms. The number of amides is 2. The first-order chi connectivity index (χ1) is 16.7. The first-order valence-electron chi connectivity index (χ1n) is 12.5. The third-order valence-corrected chi connectivity index (χ3v) is 7.87. The van der Waals surface area contributed by atoms with Gasteiger partial charge in [0.2, 0.25) is 11.8 Å². The highest BCUT2D eigenvalue weighted by atomic mass is 32.1. The predicted molar refractivity (Wildman–Crippen MR) is 138 cm³/mol. The second kappa shape index (κ2) is 10.6. The molecule has 2 amide bonds. The number of anilines is 1. The van der Waals surface area contributed by atoms with E-state index in [9.17, 15) is 9.59 Å². The fourth-order valence-electron chi connectivity index (χ4n) is 5.38. The molecule has 0 spiro atoms.